The molecule has 110 valence electrons. The van der Waals surface area contributed by atoms with Crippen molar-refractivity contribution in [3.05, 3.63) is 48.3 Å². The monoisotopic (exact) mass is 301 g/mol. The van der Waals surface area contributed by atoms with Crippen molar-refractivity contribution < 1.29 is 4.79 Å². The quantitative estimate of drug-likeness (QED) is 0.856. The van der Waals surface area contributed by atoms with Crippen LogP contribution in [0.25, 0.3) is 5.69 Å². The Balaban J connectivity index is 1.81. The molecular weight excluding hydrogens is 282 g/mol. The smallest absolute Gasteiger partial charge is 0.257 e. The molecule has 2 atom stereocenters. The third kappa shape index (κ3) is 2.83. The molecule has 21 heavy (non-hydrogen) atoms. The lowest BCUT2D eigenvalue weighted by molar-refractivity contribution is 0.0698. The molecule has 2 aromatic rings. The second-order valence-electron chi connectivity index (χ2n) is 5.32. The first-order chi connectivity index (χ1) is 10.2. The minimum Gasteiger partial charge on any atom is -0.334 e. The van der Waals surface area contributed by atoms with Crippen molar-refractivity contribution >= 4 is 17.7 Å². The van der Waals surface area contributed by atoms with E-state index in [4.69, 9.17) is 0 Å². The van der Waals surface area contributed by atoms with Gasteiger partial charge in [0, 0.05) is 29.8 Å². The zero-order chi connectivity index (χ0) is 14.8. The first kappa shape index (κ1) is 14.2. The Morgan fingerprint density at radius 1 is 1.29 bits per heavy atom. The van der Waals surface area contributed by atoms with Gasteiger partial charge in [-0.05, 0) is 19.1 Å². The molecule has 0 saturated carbocycles. The third-order valence-electron chi connectivity index (χ3n) is 4.00. The number of para-hydroxylation sites is 1. The molecule has 1 fully saturated rings. The highest BCUT2D eigenvalue weighted by Gasteiger charge is 2.30. The summed E-state index contributed by atoms with van der Waals surface area (Å²) in [4.78, 5) is 14.6. The van der Waals surface area contributed by atoms with Gasteiger partial charge >= 0.3 is 0 Å². The molecule has 4 nitrogen and oxygen atoms in total. The summed E-state index contributed by atoms with van der Waals surface area (Å²) in [6, 6.07) is 10.1. The van der Waals surface area contributed by atoms with Gasteiger partial charge < -0.3 is 4.90 Å². The fourth-order valence-corrected chi connectivity index (χ4v) is 3.64. The Hall–Kier alpha value is -1.75. The van der Waals surface area contributed by atoms with E-state index in [9.17, 15) is 4.79 Å². The number of amides is 1. The van der Waals surface area contributed by atoms with Crippen molar-refractivity contribution in [1.82, 2.24) is 14.7 Å². The number of nitrogens with zero attached hydrogens (tertiary/aromatic N) is 3. The molecule has 1 aliphatic heterocycles. The van der Waals surface area contributed by atoms with E-state index >= 15 is 0 Å². The summed E-state index contributed by atoms with van der Waals surface area (Å²) in [5.74, 6) is 1.08. The number of carbonyl (C=O) groups is 1. The van der Waals surface area contributed by atoms with Crippen molar-refractivity contribution in [1.29, 1.82) is 0 Å². The van der Waals surface area contributed by atoms with Crippen LogP contribution in [0.15, 0.2) is 42.7 Å². The van der Waals surface area contributed by atoms with Crippen LogP contribution < -0.4 is 0 Å². The molecule has 1 aromatic heterocycles. The lowest BCUT2D eigenvalue weighted by atomic mass is 10.2. The van der Waals surface area contributed by atoms with E-state index in [1.54, 1.807) is 10.9 Å². The molecule has 0 bridgehead atoms. The fourth-order valence-electron chi connectivity index (χ4n) is 2.54. The molecule has 1 saturated heterocycles. The summed E-state index contributed by atoms with van der Waals surface area (Å²) >= 11 is 1.93. The summed E-state index contributed by atoms with van der Waals surface area (Å²) in [5, 5.41) is 4.79. The highest BCUT2D eigenvalue weighted by Crippen LogP contribution is 2.25. The zero-order valence-electron chi connectivity index (χ0n) is 12.3. The SMILES string of the molecule is C[C@H]1SCCN(C(=O)c2cnn(-c3ccccc3)c2)[C@H]1C. The van der Waals surface area contributed by atoms with E-state index < -0.39 is 0 Å². The second-order valence-corrected chi connectivity index (χ2v) is 6.81. The van der Waals surface area contributed by atoms with Gasteiger partial charge in [0.1, 0.15) is 0 Å². The van der Waals surface area contributed by atoms with Gasteiger partial charge in [0.2, 0.25) is 0 Å². The van der Waals surface area contributed by atoms with E-state index in [0.717, 1.165) is 18.0 Å². The van der Waals surface area contributed by atoms with Crippen molar-refractivity contribution in [3.63, 3.8) is 0 Å². The van der Waals surface area contributed by atoms with Gasteiger partial charge in [0.05, 0.1) is 17.4 Å². The summed E-state index contributed by atoms with van der Waals surface area (Å²) in [6.45, 7) is 5.12. The van der Waals surface area contributed by atoms with Crippen LogP contribution in [-0.2, 0) is 0 Å². The lowest BCUT2D eigenvalue weighted by Crippen LogP contribution is -2.47. The number of thioether (sulfide) groups is 1. The Morgan fingerprint density at radius 3 is 2.81 bits per heavy atom. The summed E-state index contributed by atoms with van der Waals surface area (Å²) in [7, 11) is 0. The van der Waals surface area contributed by atoms with Crippen molar-refractivity contribution in [3.8, 4) is 5.69 Å². The Labute approximate surface area is 129 Å². The number of benzene rings is 1. The summed E-state index contributed by atoms with van der Waals surface area (Å²) in [6.07, 6.45) is 3.48. The van der Waals surface area contributed by atoms with E-state index in [1.807, 2.05) is 53.2 Å². The molecule has 1 amide bonds. The molecule has 0 radical (unpaired) electrons. The third-order valence-corrected chi connectivity index (χ3v) is 5.33. The van der Waals surface area contributed by atoms with Crippen LogP contribution in [0.1, 0.15) is 24.2 Å². The minimum absolute atomic E-state index is 0.0804. The van der Waals surface area contributed by atoms with Gasteiger partial charge in [0.15, 0.2) is 0 Å². The molecule has 2 heterocycles. The molecule has 0 spiro atoms. The van der Waals surface area contributed by atoms with Crippen LogP contribution in [0.5, 0.6) is 0 Å². The van der Waals surface area contributed by atoms with E-state index in [0.29, 0.717) is 10.8 Å². The van der Waals surface area contributed by atoms with Crippen LogP contribution in [0.3, 0.4) is 0 Å². The Kier molecular flexibility index (Phi) is 4.01. The number of rotatable bonds is 2. The molecule has 0 N–H and O–H groups in total. The van der Waals surface area contributed by atoms with Gasteiger partial charge in [-0.1, -0.05) is 25.1 Å². The number of hydrogen-bond donors (Lipinski definition) is 0. The first-order valence-corrected chi connectivity index (χ1v) is 8.24. The van der Waals surface area contributed by atoms with E-state index in [2.05, 4.69) is 18.9 Å². The van der Waals surface area contributed by atoms with Crippen molar-refractivity contribution in [2.24, 2.45) is 0 Å². The van der Waals surface area contributed by atoms with Crippen LogP contribution in [0.2, 0.25) is 0 Å². The first-order valence-electron chi connectivity index (χ1n) is 7.19. The average Bonchev–Trinajstić information content (AvgIpc) is 3.00. The Bertz CT molecular complexity index is 625. The molecule has 5 heteroatoms. The van der Waals surface area contributed by atoms with Crippen LogP contribution >= 0.6 is 11.8 Å². The van der Waals surface area contributed by atoms with Gasteiger partial charge in [-0.25, -0.2) is 4.68 Å². The van der Waals surface area contributed by atoms with Crippen LogP contribution in [-0.4, -0.2) is 44.2 Å². The van der Waals surface area contributed by atoms with Gasteiger partial charge in [-0.15, -0.1) is 0 Å². The van der Waals surface area contributed by atoms with Gasteiger partial charge in [0.25, 0.3) is 5.91 Å². The summed E-state index contributed by atoms with van der Waals surface area (Å²) in [5.41, 5.74) is 1.62. The van der Waals surface area contributed by atoms with Crippen molar-refractivity contribution in [2.45, 2.75) is 25.1 Å². The van der Waals surface area contributed by atoms with Crippen molar-refractivity contribution in [2.75, 3.05) is 12.3 Å². The molecule has 1 aliphatic rings. The molecular formula is C16H19N3OS. The number of hydrogen-bond acceptors (Lipinski definition) is 3. The standard InChI is InChI=1S/C16H19N3OS/c1-12-13(2)21-9-8-18(12)16(20)14-10-17-19(11-14)15-6-4-3-5-7-15/h3-7,10-13H,8-9H2,1-2H3/t12-,13+/m0/s1. The number of aromatic nitrogens is 2. The highest BCUT2D eigenvalue weighted by atomic mass is 32.2. The molecule has 0 aliphatic carbocycles. The molecule has 0 unspecified atom stereocenters. The second kappa shape index (κ2) is 5.93. The fraction of sp³-hybridized carbons (Fsp3) is 0.375. The highest BCUT2D eigenvalue weighted by molar-refractivity contribution is 8.00. The van der Waals surface area contributed by atoms with Crippen LogP contribution in [0, 0.1) is 0 Å². The average molecular weight is 301 g/mol. The molecule has 1 aromatic carbocycles. The predicted molar refractivity (Wildman–Crippen MR) is 86.0 cm³/mol. The van der Waals surface area contributed by atoms with Gasteiger partial charge in [-0.3, -0.25) is 4.79 Å². The Morgan fingerprint density at radius 2 is 2.05 bits per heavy atom. The number of carbonyl (C=O) groups excluding carboxylic acids is 1. The maximum Gasteiger partial charge on any atom is 0.257 e. The topological polar surface area (TPSA) is 38.1 Å². The summed E-state index contributed by atoms with van der Waals surface area (Å²) < 4.78 is 1.75. The van der Waals surface area contributed by atoms with E-state index in [1.165, 1.54) is 0 Å². The molecule has 3 rings (SSSR count). The lowest BCUT2D eigenvalue weighted by Gasteiger charge is -2.37. The van der Waals surface area contributed by atoms with Gasteiger partial charge in [-0.2, -0.15) is 16.9 Å². The predicted octanol–water partition coefficient (Wildman–Crippen LogP) is 2.84. The van der Waals surface area contributed by atoms with Crippen LogP contribution in [0.4, 0.5) is 0 Å². The maximum atomic E-state index is 12.7. The maximum absolute atomic E-state index is 12.7. The minimum atomic E-state index is 0.0804. The zero-order valence-corrected chi connectivity index (χ0v) is 13.1. The largest absolute Gasteiger partial charge is 0.334 e. The van der Waals surface area contributed by atoms with E-state index in [-0.39, 0.29) is 11.9 Å². The normalized spacial score (nSPS) is 22.3.